The standard InChI is InChI=1S/C15H21N3/c1-15(2)9-6-10-16-13(15)14-17-11-7-4-5-8-12(11)18(14)3/h4-5,7-8,13,16H,6,9-10H2,1-3H3. The van der Waals surface area contributed by atoms with Gasteiger partial charge < -0.3 is 9.88 Å². The maximum absolute atomic E-state index is 4.83. The fourth-order valence-electron chi connectivity index (χ4n) is 3.07. The summed E-state index contributed by atoms with van der Waals surface area (Å²) in [6.07, 6.45) is 2.52. The summed E-state index contributed by atoms with van der Waals surface area (Å²) in [6, 6.07) is 8.71. The number of imidazole rings is 1. The number of aryl methyl sites for hydroxylation is 1. The average molecular weight is 243 g/mol. The van der Waals surface area contributed by atoms with Crippen LogP contribution in [0.25, 0.3) is 11.0 Å². The Morgan fingerprint density at radius 1 is 1.33 bits per heavy atom. The third kappa shape index (κ3) is 1.74. The monoisotopic (exact) mass is 243 g/mol. The first-order valence-electron chi connectivity index (χ1n) is 6.74. The molecule has 3 rings (SSSR count). The number of aromatic nitrogens is 2. The topological polar surface area (TPSA) is 29.9 Å². The highest BCUT2D eigenvalue weighted by Crippen LogP contribution is 2.40. The third-order valence-electron chi connectivity index (χ3n) is 4.21. The summed E-state index contributed by atoms with van der Waals surface area (Å²) >= 11 is 0. The summed E-state index contributed by atoms with van der Waals surface area (Å²) < 4.78 is 2.24. The molecule has 1 unspecified atom stereocenters. The van der Waals surface area contributed by atoms with Gasteiger partial charge in [-0.15, -0.1) is 0 Å². The van der Waals surface area contributed by atoms with E-state index in [0.717, 1.165) is 12.1 Å². The molecule has 1 aromatic heterocycles. The Balaban J connectivity index is 2.11. The minimum Gasteiger partial charge on any atom is -0.330 e. The lowest BCUT2D eigenvalue weighted by Gasteiger charge is -2.38. The fraction of sp³-hybridized carbons (Fsp3) is 0.533. The molecule has 1 aliphatic rings. The van der Waals surface area contributed by atoms with Crippen LogP contribution in [-0.2, 0) is 7.05 Å². The first-order chi connectivity index (χ1) is 8.59. The Labute approximate surface area is 108 Å². The molecule has 0 amide bonds. The van der Waals surface area contributed by atoms with Crippen LogP contribution < -0.4 is 5.32 Å². The number of para-hydroxylation sites is 2. The fourth-order valence-corrected chi connectivity index (χ4v) is 3.07. The molecule has 0 saturated carbocycles. The van der Waals surface area contributed by atoms with Gasteiger partial charge in [0, 0.05) is 7.05 Å². The summed E-state index contributed by atoms with van der Waals surface area (Å²) in [5, 5.41) is 3.64. The number of rotatable bonds is 1. The first kappa shape index (κ1) is 11.7. The quantitative estimate of drug-likeness (QED) is 0.834. The molecule has 3 nitrogen and oxygen atoms in total. The van der Waals surface area contributed by atoms with Crippen molar-refractivity contribution in [2.75, 3.05) is 6.54 Å². The normalized spacial score (nSPS) is 23.4. The summed E-state index contributed by atoms with van der Waals surface area (Å²) in [5.41, 5.74) is 2.58. The van der Waals surface area contributed by atoms with E-state index >= 15 is 0 Å². The average Bonchev–Trinajstić information content (AvgIpc) is 2.67. The van der Waals surface area contributed by atoms with Gasteiger partial charge in [-0.25, -0.2) is 4.98 Å². The Morgan fingerprint density at radius 3 is 2.83 bits per heavy atom. The molecule has 1 fully saturated rings. The van der Waals surface area contributed by atoms with E-state index in [2.05, 4.69) is 55.0 Å². The van der Waals surface area contributed by atoms with Gasteiger partial charge in [-0.05, 0) is 36.9 Å². The Bertz CT molecular complexity index is 568. The lowest BCUT2D eigenvalue weighted by molar-refractivity contribution is 0.172. The van der Waals surface area contributed by atoms with Gasteiger partial charge in [-0.3, -0.25) is 0 Å². The lowest BCUT2D eigenvalue weighted by Crippen LogP contribution is -2.41. The minimum atomic E-state index is 0.271. The van der Waals surface area contributed by atoms with Gasteiger partial charge in [-0.1, -0.05) is 26.0 Å². The third-order valence-corrected chi connectivity index (χ3v) is 4.21. The summed E-state index contributed by atoms with van der Waals surface area (Å²) in [7, 11) is 2.12. The summed E-state index contributed by atoms with van der Waals surface area (Å²) in [4.78, 5) is 4.83. The van der Waals surface area contributed by atoms with E-state index in [4.69, 9.17) is 4.98 Å². The van der Waals surface area contributed by atoms with E-state index in [1.165, 1.54) is 24.2 Å². The van der Waals surface area contributed by atoms with E-state index in [0.29, 0.717) is 6.04 Å². The van der Waals surface area contributed by atoms with Gasteiger partial charge in [0.1, 0.15) is 5.82 Å². The predicted molar refractivity (Wildman–Crippen MR) is 74.5 cm³/mol. The molecule has 2 aromatic rings. The lowest BCUT2D eigenvalue weighted by atomic mass is 9.77. The van der Waals surface area contributed by atoms with Gasteiger partial charge in [0.2, 0.25) is 0 Å². The molecule has 1 N–H and O–H groups in total. The zero-order chi connectivity index (χ0) is 12.8. The molecule has 1 saturated heterocycles. The maximum Gasteiger partial charge on any atom is 0.127 e. The number of nitrogens with one attached hydrogen (secondary N) is 1. The zero-order valence-corrected chi connectivity index (χ0v) is 11.4. The van der Waals surface area contributed by atoms with Crippen LogP contribution in [0.1, 0.15) is 38.6 Å². The van der Waals surface area contributed by atoms with Gasteiger partial charge in [0.15, 0.2) is 0 Å². The number of hydrogen-bond donors (Lipinski definition) is 1. The Morgan fingerprint density at radius 2 is 2.11 bits per heavy atom. The highest BCUT2D eigenvalue weighted by atomic mass is 15.1. The molecular formula is C15H21N3. The predicted octanol–water partition coefficient (Wildman–Crippen LogP) is 3.02. The van der Waals surface area contributed by atoms with E-state index in [-0.39, 0.29) is 5.41 Å². The van der Waals surface area contributed by atoms with Crippen molar-refractivity contribution >= 4 is 11.0 Å². The summed E-state index contributed by atoms with van der Waals surface area (Å²) in [5.74, 6) is 1.17. The first-order valence-corrected chi connectivity index (χ1v) is 6.74. The van der Waals surface area contributed by atoms with Crippen molar-refractivity contribution in [3.63, 3.8) is 0 Å². The van der Waals surface area contributed by atoms with Crippen molar-refractivity contribution in [1.29, 1.82) is 0 Å². The zero-order valence-electron chi connectivity index (χ0n) is 11.4. The van der Waals surface area contributed by atoms with Crippen LogP contribution in [0.15, 0.2) is 24.3 Å². The largest absolute Gasteiger partial charge is 0.330 e. The molecule has 2 heterocycles. The number of benzene rings is 1. The summed E-state index contributed by atoms with van der Waals surface area (Å²) in [6.45, 7) is 5.77. The Hall–Kier alpha value is -1.35. The molecule has 3 heteroatoms. The highest BCUT2D eigenvalue weighted by molar-refractivity contribution is 5.75. The molecule has 0 aliphatic carbocycles. The maximum atomic E-state index is 4.83. The second-order valence-corrected chi connectivity index (χ2v) is 6.00. The number of hydrogen-bond acceptors (Lipinski definition) is 2. The number of nitrogens with zero attached hydrogens (tertiary/aromatic N) is 2. The molecule has 1 atom stereocenters. The van der Waals surface area contributed by atoms with E-state index in [9.17, 15) is 0 Å². The second kappa shape index (κ2) is 4.09. The molecule has 1 aromatic carbocycles. The van der Waals surface area contributed by atoms with Gasteiger partial charge in [0.05, 0.1) is 17.1 Å². The van der Waals surface area contributed by atoms with Crippen molar-refractivity contribution in [2.24, 2.45) is 12.5 Å². The van der Waals surface area contributed by atoms with Crippen LogP contribution in [-0.4, -0.2) is 16.1 Å². The van der Waals surface area contributed by atoms with Crippen molar-refractivity contribution < 1.29 is 0 Å². The molecule has 0 bridgehead atoms. The van der Waals surface area contributed by atoms with Crippen LogP contribution in [0.3, 0.4) is 0 Å². The van der Waals surface area contributed by atoms with Crippen LogP contribution >= 0.6 is 0 Å². The number of fused-ring (bicyclic) bond motifs is 1. The van der Waals surface area contributed by atoms with Crippen LogP contribution in [0.2, 0.25) is 0 Å². The number of piperidine rings is 1. The van der Waals surface area contributed by atoms with E-state index in [1.807, 2.05) is 0 Å². The van der Waals surface area contributed by atoms with Crippen molar-refractivity contribution in [3.8, 4) is 0 Å². The highest BCUT2D eigenvalue weighted by Gasteiger charge is 2.35. The van der Waals surface area contributed by atoms with Crippen LogP contribution in [0.5, 0.6) is 0 Å². The smallest absolute Gasteiger partial charge is 0.127 e. The Kier molecular flexibility index (Phi) is 2.67. The van der Waals surface area contributed by atoms with Crippen LogP contribution in [0, 0.1) is 5.41 Å². The van der Waals surface area contributed by atoms with Crippen molar-refractivity contribution in [2.45, 2.75) is 32.7 Å². The van der Waals surface area contributed by atoms with Crippen molar-refractivity contribution in [1.82, 2.24) is 14.9 Å². The SMILES string of the molecule is Cn1c(C2NCCCC2(C)C)nc2ccccc21. The molecule has 96 valence electrons. The minimum absolute atomic E-state index is 0.271. The molecule has 0 radical (unpaired) electrons. The van der Waals surface area contributed by atoms with Gasteiger partial charge in [-0.2, -0.15) is 0 Å². The van der Waals surface area contributed by atoms with E-state index in [1.54, 1.807) is 0 Å². The van der Waals surface area contributed by atoms with Gasteiger partial charge in [0.25, 0.3) is 0 Å². The van der Waals surface area contributed by atoms with E-state index < -0.39 is 0 Å². The van der Waals surface area contributed by atoms with Gasteiger partial charge >= 0.3 is 0 Å². The van der Waals surface area contributed by atoms with Crippen molar-refractivity contribution in [3.05, 3.63) is 30.1 Å². The van der Waals surface area contributed by atoms with Crippen LogP contribution in [0.4, 0.5) is 0 Å². The molecule has 18 heavy (non-hydrogen) atoms. The molecule has 0 spiro atoms. The molecule has 1 aliphatic heterocycles. The molecular weight excluding hydrogens is 222 g/mol. The second-order valence-electron chi connectivity index (χ2n) is 6.00.